The van der Waals surface area contributed by atoms with E-state index in [2.05, 4.69) is 31.0 Å². The summed E-state index contributed by atoms with van der Waals surface area (Å²) in [7, 11) is 0. The molecule has 3 heterocycles. The van der Waals surface area contributed by atoms with Gasteiger partial charge in [0, 0.05) is 30.3 Å². The first-order valence-electron chi connectivity index (χ1n) is 12.7. The van der Waals surface area contributed by atoms with Crippen molar-refractivity contribution in [2.24, 2.45) is 16.2 Å². The summed E-state index contributed by atoms with van der Waals surface area (Å²) in [6, 6.07) is 12.8. The van der Waals surface area contributed by atoms with Crippen molar-refractivity contribution < 1.29 is 19.3 Å². The third-order valence-electron chi connectivity index (χ3n) is 8.87. The van der Waals surface area contributed by atoms with Gasteiger partial charge < -0.3 is 4.90 Å². The van der Waals surface area contributed by atoms with E-state index < -0.39 is 34.2 Å². The summed E-state index contributed by atoms with van der Waals surface area (Å²) in [6.45, 7) is 6.63. The van der Waals surface area contributed by atoms with Gasteiger partial charge in [0.15, 0.2) is 5.41 Å². The van der Waals surface area contributed by atoms with Crippen molar-refractivity contribution >= 4 is 29.2 Å². The zero-order valence-electron chi connectivity index (χ0n) is 21.2. The number of barbiturate groups is 1. The molecule has 1 spiro atoms. The van der Waals surface area contributed by atoms with Gasteiger partial charge in [-0.05, 0) is 47.3 Å². The number of nitrogens with zero attached hydrogens (tertiary/aromatic N) is 3. The Balaban J connectivity index is 1.54. The highest BCUT2D eigenvalue weighted by Crippen LogP contribution is 2.64. The minimum Gasteiger partial charge on any atom is -0.363 e. The zero-order chi connectivity index (χ0) is 26.3. The molecule has 0 aromatic heterocycles. The van der Waals surface area contributed by atoms with E-state index in [-0.39, 0.29) is 35.5 Å². The number of anilines is 1. The highest BCUT2D eigenvalue weighted by Gasteiger charge is 2.71. The van der Waals surface area contributed by atoms with Gasteiger partial charge >= 0.3 is 6.03 Å². The summed E-state index contributed by atoms with van der Waals surface area (Å²) in [5.41, 5.74) is 0.188. The number of nitro benzene ring substituents is 1. The number of amides is 4. The van der Waals surface area contributed by atoms with E-state index in [1.165, 1.54) is 12.1 Å². The monoisotopic (exact) mass is 502 g/mol. The van der Waals surface area contributed by atoms with Crippen molar-refractivity contribution in [3.05, 3.63) is 69.8 Å². The summed E-state index contributed by atoms with van der Waals surface area (Å²) in [5.74, 6) is -1.13. The molecular formula is C28H30N4O5. The van der Waals surface area contributed by atoms with E-state index in [0.29, 0.717) is 5.56 Å². The van der Waals surface area contributed by atoms with Gasteiger partial charge in [-0.15, -0.1) is 0 Å². The second kappa shape index (κ2) is 7.63. The number of urea groups is 1. The first kappa shape index (κ1) is 23.6. The number of nitro groups is 1. The van der Waals surface area contributed by atoms with Crippen LogP contribution in [0.15, 0.2) is 48.5 Å². The fourth-order valence-corrected chi connectivity index (χ4v) is 8.09. The number of carbonyl (C=O) groups excluding carboxylic acids is 3. The second-order valence-corrected chi connectivity index (χ2v) is 12.2. The molecule has 2 bridgehead atoms. The van der Waals surface area contributed by atoms with Crippen molar-refractivity contribution in [2.75, 3.05) is 4.90 Å². The standard InChI is InChI=1S/C28H30N4O5/c1-26(2)13-20-14-27(3,16-26)22-28(12-18-11-19(32(36)37)9-10-21(18)31(20)22)23(33)29-25(35)30(24(28)34)15-17-7-5-4-6-8-17/h4-11,20,22H,12-16H2,1-3H3,(H,29,33,35). The number of benzene rings is 2. The van der Waals surface area contributed by atoms with Crippen molar-refractivity contribution in [3.8, 4) is 0 Å². The molecule has 9 heteroatoms. The van der Waals surface area contributed by atoms with Crippen LogP contribution in [-0.2, 0) is 22.6 Å². The largest absolute Gasteiger partial charge is 0.363 e. The Morgan fingerprint density at radius 2 is 1.78 bits per heavy atom. The van der Waals surface area contributed by atoms with Gasteiger partial charge in [-0.3, -0.25) is 29.9 Å². The smallest absolute Gasteiger partial charge is 0.331 e. The normalized spacial score (nSPS) is 31.7. The molecule has 3 aliphatic heterocycles. The molecule has 1 aliphatic carbocycles. The minimum absolute atomic E-state index is 0.00905. The molecule has 4 amide bonds. The molecule has 1 N–H and O–H groups in total. The van der Waals surface area contributed by atoms with Gasteiger partial charge in [0.2, 0.25) is 11.8 Å². The van der Waals surface area contributed by atoms with E-state index in [4.69, 9.17) is 0 Å². The molecule has 192 valence electrons. The molecule has 4 atom stereocenters. The van der Waals surface area contributed by atoms with Crippen LogP contribution in [0.3, 0.4) is 0 Å². The van der Waals surface area contributed by atoms with Gasteiger partial charge in [-0.25, -0.2) is 4.79 Å². The van der Waals surface area contributed by atoms with Crippen LogP contribution in [-0.4, -0.2) is 39.8 Å². The molecule has 1 saturated carbocycles. The average molecular weight is 503 g/mol. The Hall–Kier alpha value is -3.75. The number of hydrogen-bond acceptors (Lipinski definition) is 6. The number of carbonyl (C=O) groups is 3. The maximum absolute atomic E-state index is 14.5. The van der Waals surface area contributed by atoms with Crippen molar-refractivity contribution in [1.29, 1.82) is 0 Å². The van der Waals surface area contributed by atoms with Crippen LogP contribution in [0.2, 0.25) is 0 Å². The third-order valence-corrected chi connectivity index (χ3v) is 8.87. The predicted octanol–water partition coefficient (Wildman–Crippen LogP) is 4.19. The molecule has 6 rings (SSSR count). The van der Waals surface area contributed by atoms with Crippen LogP contribution in [0.25, 0.3) is 0 Å². The van der Waals surface area contributed by atoms with Crippen LogP contribution in [0.4, 0.5) is 16.2 Å². The van der Waals surface area contributed by atoms with E-state index in [9.17, 15) is 24.5 Å². The number of rotatable bonds is 3. The Morgan fingerprint density at radius 3 is 2.49 bits per heavy atom. The molecule has 4 aliphatic rings. The molecule has 2 aromatic carbocycles. The van der Waals surface area contributed by atoms with Gasteiger partial charge in [0.25, 0.3) is 5.69 Å². The first-order valence-corrected chi connectivity index (χ1v) is 12.7. The molecule has 4 unspecified atom stereocenters. The number of nitrogens with one attached hydrogen (secondary N) is 1. The number of imide groups is 2. The Morgan fingerprint density at radius 1 is 1.05 bits per heavy atom. The summed E-state index contributed by atoms with van der Waals surface area (Å²) in [4.78, 5) is 55.9. The lowest BCUT2D eigenvalue weighted by atomic mass is 9.56. The highest BCUT2D eigenvalue weighted by atomic mass is 16.6. The van der Waals surface area contributed by atoms with Gasteiger partial charge in [0.05, 0.1) is 17.5 Å². The average Bonchev–Trinajstić information content (AvgIpc) is 3.06. The van der Waals surface area contributed by atoms with Crippen LogP contribution in [0, 0.1) is 26.4 Å². The SMILES string of the molecule is CC1(C)CC2CC(C)(C1)C1N2c2ccc([N+](=O)[O-])cc2CC12C(=O)NC(=O)N(Cc1ccccc1)C2=O. The van der Waals surface area contributed by atoms with E-state index >= 15 is 0 Å². The number of non-ortho nitro benzene ring substituents is 1. The van der Waals surface area contributed by atoms with Gasteiger partial charge in [0.1, 0.15) is 0 Å². The summed E-state index contributed by atoms with van der Waals surface area (Å²) >= 11 is 0. The molecule has 2 saturated heterocycles. The van der Waals surface area contributed by atoms with Crippen LogP contribution in [0.5, 0.6) is 0 Å². The van der Waals surface area contributed by atoms with E-state index in [1.54, 1.807) is 6.07 Å². The fraction of sp³-hybridized carbons (Fsp3) is 0.464. The molecule has 2 aromatic rings. The Bertz CT molecular complexity index is 1360. The first-order chi connectivity index (χ1) is 17.4. The van der Waals surface area contributed by atoms with Crippen molar-refractivity contribution in [3.63, 3.8) is 0 Å². The molecule has 0 radical (unpaired) electrons. The lowest BCUT2D eigenvalue weighted by molar-refractivity contribution is -0.384. The molecule has 3 fully saturated rings. The zero-order valence-corrected chi connectivity index (χ0v) is 21.2. The highest BCUT2D eigenvalue weighted by molar-refractivity contribution is 6.20. The fourth-order valence-electron chi connectivity index (χ4n) is 8.09. The van der Waals surface area contributed by atoms with Gasteiger partial charge in [-0.2, -0.15) is 0 Å². The lowest BCUT2D eigenvalue weighted by Crippen LogP contribution is -2.73. The summed E-state index contributed by atoms with van der Waals surface area (Å²) < 4.78 is 0. The minimum atomic E-state index is -1.57. The molecular weight excluding hydrogens is 472 g/mol. The van der Waals surface area contributed by atoms with Gasteiger partial charge in [-0.1, -0.05) is 51.1 Å². The summed E-state index contributed by atoms with van der Waals surface area (Å²) in [6.07, 6.45) is 2.53. The van der Waals surface area contributed by atoms with E-state index in [1.807, 2.05) is 30.3 Å². The van der Waals surface area contributed by atoms with Crippen molar-refractivity contribution in [1.82, 2.24) is 10.2 Å². The lowest BCUT2D eigenvalue weighted by Gasteiger charge is -2.53. The maximum Gasteiger partial charge on any atom is 0.331 e. The quantitative estimate of drug-likeness (QED) is 0.383. The number of hydrogen-bond donors (Lipinski definition) is 1. The Labute approximate surface area is 215 Å². The second-order valence-electron chi connectivity index (χ2n) is 12.2. The van der Waals surface area contributed by atoms with Crippen LogP contribution >= 0.6 is 0 Å². The van der Waals surface area contributed by atoms with Crippen molar-refractivity contribution in [2.45, 2.75) is 65.1 Å². The van der Waals surface area contributed by atoms with Crippen LogP contribution < -0.4 is 10.2 Å². The molecule has 9 nitrogen and oxygen atoms in total. The summed E-state index contributed by atoms with van der Waals surface area (Å²) in [5, 5.41) is 14.1. The molecule has 37 heavy (non-hydrogen) atoms. The Kier molecular flexibility index (Phi) is 4.87. The topological polar surface area (TPSA) is 113 Å². The predicted molar refractivity (Wildman–Crippen MR) is 136 cm³/mol. The maximum atomic E-state index is 14.5. The van der Waals surface area contributed by atoms with Crippen LogP contribution in [0.1, 0.15) is 51.2 Å². The van der Waals surface area contributed by atoms with E-state index in [0.717, 1.165) is 35.4 Å². The number of fused-ring (bicyclic) bond motifs is 8. The third kappa shape index (κ3) is 3.32.